The molecular formula is C16H16Cl2N2O3. The maximum atomic E-state index is 12.3. The molecular weight excluding hydrogens is 339 g/mol. The zero-order valence-corrected chi connectivity index (χ0v) is 14.2. The number of aryl methyl sites for hydroxylation is 1. The predicted molar refractivity (Wildman–Crippen MR) is 90.1 cm³/mol. The van der Waals surface area contributed by atoms with Crippen molar-refractivity contribution in [3.8, 4) is 0 Å². The van der Waals surface area contributed by atoms with Crippen LogP contribution in [0.5, 0.6) is 0 Å². The number of hydrogen-bond acceptors (Lipinski definition) is 3. The molecule has 0 saturated heterocycles. The summed E-state index contributed by atoms with van der Waals surface area (Å²) in [4.78, 5) is 25.9. The fraction of sp³-hybridized carbons (Fsp3) is 0.250. The summed E-state index contributed by atoms with van der Waals surface area (Å²) in [5.41, 5.74) is 0.332. The minimum absolute atomic E-state index is 0.128. The molecule has 0 spiro atoms. The van der Waals surface area contributed by atoms with E-state index in [1.807, 2.05) is 0 Å². The zero-order valence-electron chi connectivity index (χ0n) is 12.7. The number of hydrogen-bond donors (Lipinski definition) is 1. The van der Waals surface area contributed by atoms with E-state index in [1.54, 1.807) is 44.2 Å². The number of furan rings is 1. The molecule has 0 unspecified atom stereocenters. The van der Waals surface area contributed by atoms with Gasteiger partial charge in [0.25, 0.3) is 5.91 Å². The monoisotopic (exact) mass is 354 g/mol. The largest absolute Gasteiger partial charge is 0.456 e. The molecule has 0 aliphatic rings. The highest BCUT2D eigenvalue weighted by Crippen LogP contribution is 2.29. The smallest absolute Gasteiger partial charge is 0.290 e. The SMILES string of the molecule is CCN(CC(=O)Nc1c(Cl)cccc1Cl)C(=O)c1ccc(C)o1. The van der Waals surface area contributed by atoms with Gasteiger partial charge in [0.15, 0.2) is 5.76 Å². The summed E-state index contributed by atoms with van der Waals surface area (Å²) < 4.78 is 5.30. The maximum Gasteiger partial charge on any atom is 0.290 e. The van der Waals surface area contributed by atoms with Gasteiger partial charge in [-0.1, -0.05) is 29.3 Å². The second-order valence-electron chi connectivity index (χ2n) is 4.87. The molecule has 7 heteroatoms. The zero-order chi connectivity index (χ0) is 17.0. The van der Waals surface area contributed by atoms with Gasteiger partial charge in [-0.15, -0.1) is 0 Å². The molecule has 1 aromatic heterocycles. The Balaban J connectivity index is 2.07. The molecule has 5 nitrogen and oxygen atoms in total. The number of carbonyl (C=O) groups excluding carboxylic acids is 2. The van der Waals surface area contributed by atoms with Gasteiger partial charge in [-0.25, -0.2) is 0 Å². The molecule has 2 rings (SSSR count). The van der Waals surface area contributed by atoms with Crippen LogP contribution in [0.3, 0.4) is 0 Å². The van der Waals surface area contributed by atoms with E-state index in [2.05, 4.69) is 5.32 Å². The van der Waals surface area contributed by atoms with Crippen molar-refractivity contribution in [1.82, 2.24) is 4.90 Å². The lowest BCUT2D eigenvalue weighted by Gasteiger charge is -2.19. The topological polar surface area (TPSA) is 62.6 Å². The van der Waals surface area contributed by atoms with Crippen molar-refractivity contribution in [3.05, 3.63) is 51.9 Å². The van der Waals surface area contributed by atoms with E-state index < -0.39 is 5.91 Å². The molecule has 122 valence electrons. The molecule has 0 bridgehead atoms. The Morgan fingerprint density at radius 2 is 1.83 bits per heavy atom. The number of amides is 2. The third-order valence-electron chi connectivity index (χ3n) is 3.18. The van der Waals surface area contributed by atoms with Crippen molar-refractivity contribution in [2.75, 3.05) is 18.4 Å². The van der Waals surface area contributed by atoms with Crippen LogP contribution in [0.4, 0.5) is 5.69 Å². The summed E-state index contributed by atoms with van der Waals surface area (Å²) in [6.45, 7) is 3.77. The van der Waals surface area contributed by atoms with Crippen LogP contribution in [-0.4, -0.2) is 29.8 Å². The average molecular weight is 355 g/mol. The summed E-state index contributed by atoms with van der Waals surface area (Å²) >= 11 is 12.0. The van der Waals surface area contributed by atoms with Crippen LogP contribution in [0.15, 0.2) is 34.7 Å². The van der Waals surface area contributed by atoms with Crippen LogP contribution in [0, 0.1) is 6.92 Å². The van der Waals surface area contributed by atoms with Crippen molar-refractivity contribution in [2.45, 2.75) is 13.8 Å². The van der Waals surface area contributed by atoms with Crippen LogP contribution in [0.1, 0.15) is 23.2 Å². The summed E-state index contributed by atoms with van der Waals surface area (Å²) in [7, 11) is 0. The molecule has 0 atom stereocenters. The number of benzene rings is 1. The Morgan fingerprint density at radius 1 is 1.17 bits per heavy atom. The first-order valence-corrected chi connectivity index (χ1v) is 7.77. The van der Waals surface area contributed by atoms with Gasteiger partial charge >= 0.3 is 0 Å². The number of halogens is 2. The van der Waals surface area contributed by atoms with Crippen molar-refractivity contribution < 1.29 is 14.0 Å². The fourth-order valence-corrected chi connectivity index (χ4v) is 2.49. The first-order chi connectivity index (χ1) is 10.9. The van der Waals surface area contributed by atoms with Crippen molar-refractivity contribution >= 4 is 40.7 Å². The van der Waals surface area contributed by atoms with E-state index in [0.717, 1.165) is 0 Å². The van der Waals surface area contributed by atoms with E-state index in [0.29, 0.717) is 28.0 Å². The Hall–Kier alpha value is -1.98. The van der Waals surface area contributed by atoms with Crippen LogP contribution >= 0.6 is 23.2 Å². The van der Waals surface area contributed by atoms with Crippen molar-refractivity contribution in [2.24, 2.45) is 0 Å². The Kier molecular flexibility index (Phi) is 5.69. The molecule has 23 heavy (non-hydrogen) atoms. The molecule has 0 radical (unpaired) electrons. The first kappa shape index (κ1) is 17.4. The molecule has 0 aliphatic carbocycles. The highest BCUT2D eigenvalue weighted by Gasteiger charge is 2.21. The first-order valence-electron chi connectivity index (χ1n) is 7.02. The van der Waals surface area contributed by atoms with Gasteiger partial charge in [0.05, 0.1) is 15.7 Å². The second-order valence-corrected chi connectivity index (χ2v) is 5.69. The highest BCUT2D eigenvalue weighted by molar-refractivity contribution is 6.39. The molecule has 1 heterocycles. The van der Waals surface area contributed by atoms with Gasteiger partial charge in [-0.05, 0) is 38.1 Å². The van der Waals surface area contributed by atoms with E-state index in [9.17, 15) is 9.59 Å². The number of likely N-dealkylation sites (N-methyl/N-ethyl adjacent to an activating group) is 1. The molecule has 2 amide bonds. The third kappa shape index (κ3) is 4.27. The van der Waals surface area contributed by atoms with Crippen LogP contribution in [0.2, 0.25) is 10.0 Å². The van der Waals surface area contributed by atoms with Crippen molar-refractivity contribution in [1.29, 1.82) is 0 Å². The van der Waals surface area contributed by atoms with Gasteiger partial charge in [0.2, 0.25) is 5.91 Å². The summed E-state index contributed by atoms with van der Waals surface area (Å²) in [6.07, 6.45) is 0. The van der Waals surface area contributed by atoms with E-state index in [4.69, 9.17) is 27.6 Å². The van der Waals surface area contributed by atoms with Gasteiger partial charge in [0, 0.05) is 6.54 Å². The van der Waals surface area contributed by atoms with Crippen LogP contribution in [-0.2, 0) is 4.79 Å². The molecule has 0 saturated carbocycles. The van der Waals surface area contributed by atoms with Gasteiger partial charge in [-0.2, -0.15) is 0 Å². The van der Waals surface area contributed by atoms with Gasteiger partial charge in [0.1, 0.15) is 12.3 Å². The summed E-state index contributed by atoms with van der Waals surface area (Å²) in [5, 5.41) is 3.30. The predicted octanol–water partition coefficient (Wildman–Crippen LogP) is 4.00. The van der Waals surface area contributed by atoms with E-state index >= 15 is 0 Å². The lowest BCUT2D eigenvalue weighted by molar-refractivity contribution is -0.116. The fourth-order valence-electron chi connectivity index (χ4n) is 2.00. The van der Waals surface area contributed by atoms with Gasteiger partial charge in [-0.3, -0.25) is 9.59 Å². The van der Waals surface area contributed by atoms with Gasteiger partial charge < -0.3 is 14.6 Å². The number of para-hydroxylation sites is 1. The number of anilines is 1. The minimum atomic E-state index is -0.390. The molecule has 2 aromatic rings. The lowest BCUT2D eigenvalue weighted by atomic mass is 10.3. The molecule has 1 N–H and O–H groups in total. The van der Waals surface area contributed by atoms with E-state index in [1.165, 1.54) is 4.90 Å². The molecule has 0 fully saturated rings. The average Bonchev–Trinajstić information content (AvgIpc) is 2.94. The van der Waals surface area contributed by atoms with E-state index in [-0.39, 0.29) is 18.2 Å². The Labute approximate surface area is 144 Å². The quantitative estimate of drug-likeness (QED) is 0.882. The normalized spacial score (nSPS) is 10.4. The summed E-state index contributed by atoms with van der Waals surface area (Å²) in [5.74, 6) is 0.101. The minimum Gasteiger partial charge on any atom is -0.456 e. The van der Waals surface area contributed by atoms with Crippen molar-refractivity contribution in [3.63, 3.8) is 0 Å². The lowest BCUT2D eigenvalue weighted by Crippen LogP contribution is -2.37. The number of nitrogens with one attached hydrogen (secondary N) is 1. The number of carbonyl (C=O) groups is 2. The number of rotatable bonds is 5. The number of nitrogens with zero attached hydrogens (tertiary/aromatic N) is 1. The Morgan fingerprint density at radius 3 is 2.35 bits per heavy atom. The molecule has 0 aliphatic heterocycles. The standard InChI is InChI=1S/C16H16Cl2N2O3/c1-3-20(16(22)13-8-7-10(2)23-13)9-14(21)19-15-11(17)5-4-6-12(15)18/h4-8H,3,9H2,1-2H3,(H,19,21). The summed E-state index contributed by atoms with van der Waals surface area (Å²) in [6, 6.07) is 8.21. The Bertz CT molecular complexity index is 708. The third-order valence-corrected chi connectivity index (χ3v) is 3.81. The molecule has 1 aromatic carbocycles. The maximum absolute atomic E-state index is 12.3. The van der Waals surface area contributed by atoms with Crippen LogP contribution < -0.4 is 5.32 Å². The second kappa shape index (κ2) is 7.53. The highest BCUT2D eigenvalue weighted by atomic mass is 35.5. The van der Waals surface area contributed by atoms with Crippen LogP contribution in [0.25, 0.3) is 0 Å².